The molecular formula is C20H19N5OS. The summed E-state index contributed by atoms with van der Waals surface area (Å²) in [5.74, 6) is 1.34. The Hall–Kier alpha value is -2.80. The molecule has 2 N–H and O–H groups in total. The Labute approximate surface area is 160 Å². The van der Waals surface area contributed by atoms with Crippen LogP contribution in [0.4, 0.5) is 0 Å². The molecule has 1 saturated carbocycles. The van der Waals surface area contributed by atoms with Crippen LogP contribution < -0.4 is 5.32 Å². The van der Waals surface area contributed by atoms with Crippen LogP contribution in [0.15, 0.2) is 42.5 Å². The number of aromatic amines is 1. The van der Waals surface area contributed by atoms with Gasteiger partial charge in [0.25, 0.3) is 5.91 Å². The van der Waals surface area contributed by atoms with Crippen LogP contribution in [0.1, 0.15) is 47.8 Å². The second-order valence-electron chi connectivity index (χ2n) is 7.14. The van der Waals surface area contributed by atoms with Crippen molar-refractivity contribution < 1.29 is 4.79 Å². The van der Waals surface area contributed by atoms with Gasteiger partial charge in [0.15, 0.2) is 0 Å². The third-order valence-corrected chi connectivity index (χ3v) is 5.88. The highest BCUT2D eigenvalue weighted by atomic mass is 32.1. The Morgan fingerprint density at radius 2 is 1.96 bits per heavy atom. The minimum atomic E-state index is -0.0415. The zero-order valence-electron chi connectivity index (χ0n) is 14.7. The molecule has 136 valence electrons. The number of hydrogen-bond acceptors (Lipinski definition) is 5. The molecule has 0 aliphatic heterocycles. The monoisotopic (exact) mass is 377 g/mol. The van der Waals surface area contributed by atoms with Crippen LogP contribution in [0, 0.1) is 0 Å². The van der Waals surface area contributed by atoms with E-state index in [1.807, 2.05) is 36.4 Å². The normalized spacial score (nSPS) is 20.1. The number of H-pyrrole nitrogens is 1. The summed E-state index contributed by atoms with van der Waals surface area (Å²) in [7, 11) is 0. The summed E-state index contributed by atoms with van der Waals surface area (Å²) < 4.78 is 8.40. The molecular weight excluding hydrogens is 358 g/mol. The minimum absolute atomic E-state index is 0.0415. The second kappa shape index (κ2) is 6.74. The summed E-state index contributed by atoms with van der Waals surface area (Å²) in [5, 5.41) is 3.20. The number of carbonyl (C=O) groups is 1. The van der Waals surface area contributed by atoms with Gasteiger partial charge in [0.2, 0.25) is 0 Å². The van der Waals surface area contributed by atoms with Crippen LogP contribution in [0.25, 0.3) is 22.1 Å². The standard InChI is InChI=1S/C20H19N5OS/c26-20(13-8-9-17-18(11-13)25-27-24-17)21-14-5-3-4-12(10-14)19-22-15-6-1-2-7-16(15)23-19/h1-2,6-9,11-12,14H,3-5,10H2,(H,21,26)(H,22,23)/t12-,14+/m0/s1. The highest BCUT2D eigenvalue weighted by Gasteiger charge is 2.26. The van der Waals surface area contributed by atoms with Gasteiger partial charge < -0.3 is 10.3 Å². The molecule has 1 aliphatic rings. The Bertz CT molecular complexity index is 1080. The van der Waals surface area contributed by atoms with Crippen LogP contribution >= 0.6 is 11.7 Å². The van der Waals surface area contributed by atoms with Crippen LogP contribution in [0.3, 0.4) is 0 Å². The van der Waals surface area contributed by atoms with Gasteiger partial charge in [-0.1, -0.05) is 18.6 Å². The van der Waals surface area contributed by atoms with Crippen molar-refractivity contribution in [2.24, 2.45) is 0 Å². The number of amides is 1. The van der Waals surface area contributed by atoms with Gasteiger partial charge in [-0.05, 0) is 49.6 Å². The summed E-state index contributed by atoms with van der Waals surface area (Å²) in [6, 6.07) is 13.7. The first-order valence-corrected chi connectivity index (χ1v) is 9.97. The Morgan fingerprint density at radius 1 is 1.07 bits per heavy atom. The molecule has 4 aromatic rings. The number of nitrogens with one attached hydrogen (secondary N) is 2. The van der Waals surface area contributed by atoms with E-state index in [0.29, 0.717) is 11.5 Å². The topological polar surface area (TPSA) is 83.6 Å². The molecule has 1 amide bonds. The SMILES string of the molecule is O=C(N[C@@H]1CCC[C@H](c2nc3ccccc3[nH]2)C1)c1ccc2nsnc2c1. The van der Waals surface area contributed by atoms with Crippen LogP contribution in [0.2, 0.25) is 0 Å². The quantitative estimate of drug-likeness (QED) is 0.565. The summed E-state index contributed by atoms with van der Waals surface area (Å²) in [4.78, 5) is 20.9. The first-order chi connectivity index (χ1) is 13.3. The van der Waals surface area contributed by atoms with Crippen molar-refractivity contribution in [3.8, 4) is 0 Å². The molecule has 0 unspecified atom stereocenters. The Morgan fingerprint density at radius 3 is 2.89 bits per heavy atom. The average molecular weight is 377 g/mol. The molecule has 6 nitrogen and oxygen atoms in total. The van der Waals surface area contributed by atoms with E-state index in [9.17, 15) is 4.79 Å². The predicted molar refractivity (Wildman–Crippen MR) is 106 cm³/mol. The van der Waals surface area contributed by atoms with Gasteiger partial charge >= 0.3 is 0 Å². The lowest BCUT2D eigenvalue weighted by Crippen LogP contribution is -2.38. The van der Waals surface area contributed by atoms with E-state index in [4.69, 9.17) is 4.98 Å². The number of hydrogen-bond donors (Lipinski definition) is 2. The summed E-state index contributed by atoms with van der Waals surface area (Å²) in [5.41, 5.74) is 4.32. The lowest BCUT2D eigenvalue weighted by Gasteiger charge is -2.28. The van der Waals surface area contributed by atoms with E-state index in [0.717, 1.165) is 53.6 Å². The Kier molecular flexibility index (Phi) is 4.09. The van der Waals surface area contributed by atoms with E-state index in [-0.39, 0.29) is 11.9 Å². The predicted octanol–water partition coefficient (Wildman–Crippen LogP) is 4.02. The molecule has 2 atom stereocenters. The number of fused-ring (bicyclic) bond motifs is 2. The van der Waals surface area contributed by atoms with Crippen molar-refractivity contribution >= 4 is 39.7 Å². The fourth-order valence-electron chi connectivity index (χ4n) is 3.93. The zero-order valence-corrected chi connectivity index (χ0v) is 15.5. The number of benzene rings is 2. The van der Waals surface area contributed by atoms with E-state index in [1.54, 1.807) is 0 Å². The largest absolute Gasteiger partial charge is 0.349 e. The van der Waals surface area contributed by atoms with Crippen LogP contribution in [-0.4, -0.2) is 30.7 Å². The van der Waals surface area contributed by atoms with Gasteiger partial charge in [0.1, 0.15) is 16.9 Å². The maximum Gasteiger partial charge on any atom is 0.251 e. The molecule has 1 fully saturated rings. The van der Waals surface area contributed by atoms with Crippen molar-refractivity contribution in [2.45, 2.75) is 37.6 Å². The molecule has 27 heavy (non-hydrogen) atoms. The highest BCUT2D eigenvalue weighted by Crippen LogP contribution is 2.32. The number of para-hydroxylation sites is 2. The number of imidazole rings is 1. The molecule has 0 radical (unpaired) electrons. The van der Waals surface area contributed by atoms with Gasteiger partial charge in [0.05, 0.1) is 22.8 Å². The number of aromatic nitrogens is 4. The molecule has 2 aromatic carbocycles. The second-order valence-corrected chi connectivity index (χ2v) is 7.67. The lowest BCUT2D eigenvalue weighted by atomic mass is 9.85. The maximum absolute atomic E-state index is 12.7. The number of nitrogens with zero attached hydrogens (tertiary/aromatic N) is 3. The minimum Gasteiger partial charge on any atom is -0.349 e. The molecule has 1 aliphatic carbocycles. The summed E-state index contributed by atoms with van der Waals surface area (Å²) in [6.45, 7) is 0. The number of rotatable bonds is 3. The van der Waals surface area contributed by atoms with E-state index in [1.165, 1.54) is 11.7 Å². The van der Waals surface area contributed by atoms with Gasteiger partial charge in [-0.15, -0.1) is 0 Å². The molecule has 0 bridgehead atoms. The fourth-order valence-corrected chi connectivity index (χ4v) is 4.44. The van der Waals surface area contributed by atoms with E-state index >= 15 is 0 Å². The third-order valence-electron chi connectivity index (χ3n) is 5.32. The summed E-state index contributed by atoms with van der Waals surface area (Å²) >= 11 is 1.17. The summed E-state index contributed by atoms with van der Waals surface area (Å²) in [6.07, 6.45) is 4.10. The van der Waals surface area contributed by atoms with Crippen LogP contribution in [0.5, 0.6) is 0 Å². The third kappa shape index (κ3) is 3.19. The van der Waals surface area contributed by atoms with Crippen molar-refractivity contribution in [1.82, 2.24) is 24.0 Å². The molecule has 7 heteroatoms. The van der Waals surface area contributed by atoms with Crippen molar-refractivity contribution in [3.05, 3.63) is 53.9 Å². The van der Waals surface area contributed by atoms with Crippen LogP contribution in [-0.2, 0) is 0 Å². The molecule has 5 rings (SSSR count). The first-order valence-electron chi connectivity index (χ1n) is 9.24. The highest BCUT2D eigenvalue weighted by molar-refractivity contribution is 7.00. The Balaban J connectivity index is 1.31. The average Bonchev–Trinajstić information content (AvgIpc) is 3.34. The lowest BCUT2D eigenvalue weighted by molar-refractivity contribution is 0.0925. The van der Waals surface area contributed by atoms with E-state index in [2.05, 4.69) is 25.1 Å². The van der Waals surface area contributed by atoms with Gasteiger partial charge in [-0.2, -0.15) is 8.75 Å². The molecule has 0 saturated heterocycles. The molecule has 2 heterocycles. The van der Waals surface area contributed by atoms with Gasteiger partial charge in [-0.3, -0.25) is 4.79 Å². The van der Waals surface area contributed by atoms with Gasteiger partial charge in [0, 0.05) is 17.5 Å². The van der Waals surface area contributed by atoms with Crippen molar-refractivity contribution in [3.63, 3.8) is 0 Å². The van der Waals surface area contributed by atoms with Crippen molar-refractivity contribution in [2.75, 3.05) is 0 Å². The molecule has 2 aromatic heterocycles. The maximum atomic E-state index is 12.7. The first kappa shape index (κ1) is 16.4. The van der Waals surface area contributed by atoms with E-state index < -0.39 is 0 Å². The zero-order chi connectivity index (χ0) is 18.2. The number of carbonyl (C=O) groups excluding carboxylic acids is 1. The molecule has 0 spiro atoms. The fraction of sp³-hybridized carbons (Fsp3) is 0.300. The van der Waals surface area contributed by atoms with Gasteiger partial charge in [-0.25, -0.2) is 4.98 Å². The smallest absolute Gasteiger partial charge is 0.251 e. The van der Waals surface area contributed by atoms with Crippen molar-refractivity contribution in [1.29, 1.82) is 0 Å².